The Morgan fingerprint density at radius 3 is 2.42 bits per heavy atom. The number of nitrogens with zero attached hydrogens (tertiary/aromatic N) is 1. The lowest BCUT2D eigenvalue weighted by atomic mass is 10.2. The average molecular weight is 357 g/mol. The molecule has 0 bridgehead atoms. The highest BCUT2D eigenvalue weighted by atomic mass is 28.3. The minimum atomic E-state index is -0.902. The van der Waals surface area contributed by atoms with Crippen molar-refractivity contribution in [2.45, 2.75) is 70.9 Å². The fourth-order valence-corrected chi connectivity index (χ4v) is 3.99. The second kappa shape index (κ2) is 9.22. The minimum Gasteiger partial charge on any atom is -0.460 e. The summed E-state index contributed by atoms with van der Waals surface area (Å²) in [4.78, 5) is 26.2. The van der Waals surface area contributed by atoms with Crippen molar-refractivity contribution in [1.29, 1.82) is 0 Å². The zero-order valence-electron chi connectivity index (χ0n) is 15.5. The quantitative estimate of drug-likeness (QED) is 0.398. The Kier molecular flexibility index (Phi) is 7.95. The first-order chi connectivity index (χ1) is 11.2. The van der Waals surface area contributed by atoms with E-state index >= 15 is 0 Å². The van der Waals surface area contributed by atoms with E-state index in [4.69, 9.17) is 13.9 Å². The van der Waals surface area contributed by atoms with Gasteiger partial charge in [-0.05, 0) is 32.9 Å². The second-order valence-electron chi connectivity index (χ2n) is 6.79. The third-order valence-corrected chi connectivity index (χ3v) is 5.87. The SMILES string of the molecule is C=CCOC(=O)C1C[C@@H](O[Si](CC)CC)CN1C(=O)OC(C)(C)C. The van der Waals surface area contributed by atoms with E-state index in [1.807, 2.05) is 0 Å². The molecule has 1 saturated heterocycles. The van der Waals surface area contributed by atoms with Gasteiger partial charge in [0.25, 0.3) is 0 Å². The van der Waals surface area contributed by atoms with Crippen molar-refractivity contribution in [3.8, 4) is 0 Å². The largest absolute Gasteiger partial charge is 0.460 e. The molecular formula is C17H30NO5Si. The zero-order chi connectivity index (χ0) is 18.3. The summed E-state index contributed by atoms with van der Waals surface area (Å²) in [5, 5.41) is 0. The molecule has 2 atom stereocenters. The number of hydrogen-bond donors (Lipinski definition) is 0. The maximum Gasteiger partial charge on any atom is 0.411 e. The molecule has 1 radical (unpaired) electrons. The average Bonchev–Trinajstić information content (AvgIpc) is 2.92. The van der Waals surface area contributed by atoms with Crippen LogP contribution < -0.4 is 0 Å². The van der Waals surface area contributed by atoms with Crippen LogP contribution in [0, 0.1) is 0 Å². The van der Waals surface area contributed by atoms with E-state index in [0.29, 0.717) is 13.0 Å². The molecule has 24 heavy (non-hydrogen) atoms. The van der Waals surface area contributed by atoms with Gasteiger partial charge in [0.05, 0.1) is 6.10 Å². The molecule has 1 heterocycles. The zero-order valence-corrected chi connectivity index (χ0v) is 16.5. The van der Waals surface area contributed by atoms with Crippen LogP contribution in [0.4, 0.5) is 4.79 Å². The molecular weight excluding hydrogens is 326 g/mol. The van der Waals surface area contributed by atoms with Crippen molar-refractivity contribution >= 4 is 21.1 Å². The summed E-state index contributed by atoms with van der Waals surface area (Å²) in [6, 6.07) is 1.33. The van der Waals surface area contributed by atoms with E-state index in [-0.39, 0.29) is 12.7 Å². The molecule has 0 aliphatic carbocycles. The third-order valence-electron chi connectivity index (χ3n) is 3.63. The normalized spacial score (nSPS) is 21.0. The Labute approximate surface area is 146 Å². The molecule has 6 nitrogen and oxygen atoms in total. The van der Waals surface area contributed by atoms with Crippen molar-refractivity contribution in [3.63, 3.8) is 0 Å². The van der Waals surface area contributed by atoms with Gasteiger partial charge in [0.2, 0.25) is 9.04 Å². The molecule has 1 fully saturated rings. The monoisotopic (exact) mass is 356 g/mol. The molecule has 1 unspecified atom stereocenters. The molecule has 137 valence electrons. The van der Waals surface area contributed by atoms with Gasteiger partial charge in [-0.25, -0.2) is 9.59 Å². The highest BCUT2D eigenvalue weighted by Crippen LogP contribution is 2.25. The molecule has 0 N–H and O–H groups in total. The number of carbonyl (C=O) groups excluding carboxylic acids is 2. The summed E-state index contributed by atoms with van der Waals surface area (Å²) in [5.74, 6) is -0.436. The molecule has 0 aromatic heterocycles. The van der Waals surface area contributed by atoms with Crippen LogP contribution in [0.3, 0.4) is 0 Å². The smallest absolute Gasteiger partial charge is 0.411 e. The predicted molar refractivity (Wildman–Crippen MR) is 94.1 cm³/mol. The minimum absolute atomic E-state index is 0.127. The van der Waals surface area contributed by atoms with E-state index in [1.165, 1.54) is 11.0 Å². The number of ether oxygens (including phenoxy) is 2. The Balaban J connectivity index is 2.83. The second-order valence-corrected chi connectivity index (χ2v) is 9.52. The number of likely N-dealkylation sites (tertiary alicyclic amines) is 1. The van der Waals surface area contributed by atoms with Gasteiger partial charge >= 0.3 is 12.1 Å². The van der Waals surface area contributed by atoms with Crippen LogP contribution in [0.2, 0.25) is 12.1 Å². The van der Waals surface area contributed by atoms with Gasteiger partial charge in [0.1, 0.15) is 18.2 Å². The van der Waals surface area contributed by atoms with E-state index < -0.39 is 32.7 Å². The number of hydrogen-bond acceptors (Lipinski definition) is 5. The summed E-state index contributed by atoms with van der Waals surface area (Å²) in [5.41, 5.74) is -0.618. The van der Waals surface area contributed by atoms with Crippen molar-refractivity contribution in [3.05, 3.63) is 12.7 Å². The first kappa shape index (κ1) is 20.7. The van der Waals surface area contributed by atoms with Gasteiger partial charge < -0.3 is 13.9 Å². The molecule has 0 saturated carbocycles. The highest BCUT2D eigenvalue weighted by Gasteiger charge is 2.43. The highest BCUT2D eigenvalue weighted by molar-refractivity contribution is 6.51. The summed E-state index contributed by atoms with van der Waals surface area (Å²) in [6.07, 6.45) is 1.31. The lowest BCUT2D eigenvalue weighted by Gasteiger charge is -2.27. The lowest BCUT2D eigenvalue weighted by molar-refractivity contribution is -0.147. The summed E-state index contributed by atoms with van der Waals surface area (Å²) >= 11 is 0. The maximum absolute atomic E-state index is 12.4. The van der Waals surface area contributed by atoms with Gasteiger partial charge in [-0.15, -0.1) is 0 Å². The van der Waals surface area contributed by atoms with Crippen LogP contribution in [0.1, 0.15) is 41.0 Å². The lowest BCUT2D eigenvalue weighted by Crippen LogP contribution is -2.44. The summed E-state index contributed by atoms with van der Waals surface area (Å²) in [6.45, 7) is 13.6. The Morgan fingerprint density at radius 1 is 1.29 bits per heavy atom. The molecule has 0 aromatic rings. The van der Waals surface area contributed by atoms with Crippen LogP contribution in [0.5, 0.6) is 0 Å². The van der Waals surface area contributed by atoms with Crippen LogP contribution in [0.15, 0.2) is 12.7 Å². The molecule has 7 heteroatoms. The fraction of sp³-hybridized carbons (Fsp3) is 0.765. The first-order valence-electron chi connectivity index (χ1n) is 8.50. The van der Waals surface area contributed by atoms with Crippen LogP contribution >= 0.6 is 0 Å². The van der Waals surface area contributed by atoms with Gasteiger partial charge in [-0.3, -0.25) is 4.90 Å². The van der Waals surface area contributed by atoms with Crippen molar-refractivity contribution < 1.29 is 23.5 Å². The van der Waals surface area contributed by atoms with Gasteiger partial charge in [0, 0.05) is 13.0 Å². The molecule has 0 aromatic carbocycles. The Hall–Kier alpha value is -1.34. The van der Waals surface area contributed by atoms with Gasteiger partial charge in [-0.2, -0.15) is 0 Å². The fourth-order valence-electron chi connectivity index (χ4n) is 2.52. The predicted octanol–water partition coefficient (Wildman–Crippen LogP) is 3.14. The summed E-state index contributed by atoms with van der Waals surface area (Å²) < 4.78 is 16.7. The van der Waals surface area contributed by atoms with Crippen molar-refractivity contribution in [2.75, 3.05) is 13.2 Å². The van der Waals surface area contributed by atoms with Crippen LogP contribution in [0.25, 0.3) is 0 Å². The van der Waals surface area contributed by atoms with Gasteiger partial charge in [0.15, 0.2) is 0 Å². The van der Waals surface area contributed by atoms with Crippen LogP contribution in [-0.2, 0) is 18.7 Å². The standard InChI is InChI=1S/C17H30NO5Si/c1-7-10-21-15(19)14-11-13(23-24(8-2)9-3)12-18(14)16(20)22-17(4,5)6/h7,13-14H,1,8-12H2,2-6H3/t13-,14?/m1/s1. The third kappa shape index (κ3) is 6.28. The summed E-state index contributed by atoms with van der Waals surface area (Å²) in [7, 11) is -0.902. The number of esters is 1. The van der Waals surface area contributed by atoms with E-state index in [1.54, 1.807) is 20.8 Å². The van der Waals surface area contributed by atoms with Crippen molar-refractivity contribution in [1.82, 2.24) is 4.90 Å². The Morgan fingerprint density at radius 2 is 1.92 bits per heavy atom. The maximum atomic E-state index is 12.4. The molecule has 0 spiro atoms. The number of rotatable bonds is 7. The molecule has 1 rings (SSSR count). The van der Waals surface area contributed by atoms with Crippen molar-refractivity contribution in [2.24, 2.45) is 0 Å². The van der Waals surface area contributed by atoms with E-state index in [9.17, 15) is 9.59 Å². The van der Waals surface area contributed by atoms with Gasteiger partial charge in [-0.1, -0.05) is 26.5 Å². The number of carbonyl (C=O) groups is 2. The Bertz CT molecular complexity index is 445. The topological polar surface area (TPSA) is 65.1 Å². The number of amides is 1. The van der Waals surface area contributed by atoms with E-state index in [0.717, 1.165) is 12.1 Å². The molecule has 1 amide bonds. The molecule has 1 aliphatic heterocycles. The van der Waals surface area contributed by atoms with E-state index in [2.05, 4.69) is 20.4 Å². The van der Waals surface area contributed by atoms with Crippen LogP contribution in [-0.4, -0.2) is 56.9 Å². The molecule has 1 aliphatic rings. The first-order valence-corrected chi connectivity index (χ1v) is 10.3.